The summed E-state index contributed by atoms with van der Waals surface area (Å²) in [6.07, 6.45) is -0.106. The average Bonchev–Trinajstić information content (AvgIpc) is 2.50. The molecule has 0 spiro atoms. The van der Waals surface area contributed by atoms with Crippen LogP contribution in [0.3, 0.4) is 0 Å². The van der Waals surface area contributed by atoms with E-state index in [-0.39, 0.29) is 6.42 Å². The van der Waals surface area contributed by atoms with E-state index in [0.717, 1.165) is 4.88 Å². The van der Waals surface area contributed by atoms with Crippen LogP contribution in [-0.4, -0.2) is 11.1 Å². The summed E-state index contributed by atoms with van der Waals surface area (Å²) in [7, 11) is 0. The third-order valence-electron chi connectivity index (χ3n) is 1.50. The van der Waals surface area contributed by atoms with Crippen molar-refractivity contribution < 1.29 is 9.90 Å². The number of carboxylic acids is 1. The summed E-state index contributed by atoms with van der Waals surface area (Å²) >= 11 is 1.23. The van der Waals surface area contributed by atoms with Crippen LogP contribution in [0.4, 0.5) is 0 Å². The minimum atomic E-state index is -0.931. The van der Waals surface area contributed by atoms with Crippen molar-refractivity contribution in [2.24, 2.45) is 5.73 Å². The number of thiophene rings is 1. The van der Waals surface area contributed by atoms with Crippen molar-refractivity contribution in [1.29, 1.82) is 5.26 Å². The van der Waals surface area contributed by atoms with Gasteiger partial charge in [-0.25, -0.2) is 0 Å². The number of nitrogens with two attached hydrogens (primary N) is 1. The van der Waals surface area contributed by atoms with Crippen molar-refractivity contribution >= 4 is 17.3 Å². The molecule has 4 nitrogen and oxygen atoms in total. The Morgan fingerprint density at radius 1 is 1.77 bits per heavy atom. The van der Waals surface area contributed by atoms with Crippen LogP contribution in [0, 0.1) is 11.3 Å². The van der Waals surface area contributed by atoms with E-state index in [1.165, 1.54) is 11.3 Å². The molecule has 1 atom stereocenters. The maximum absolute atomic E-state index is 10.3. The van der Waals surface area contributed by atoms with Gasteiger partial charge in [0.15, 0.2) is 0 Å². The summed E-state index contributed by atoms with van der Waals surface area (Å²) < 4.78 is 0. The zero-order valence-corrected chi connectivity index (χ0v) is 7.54. The molecular weight excluding hydrogens is 188 g/mol. The third kappa shape index (κ3) is 2.54. The molecule has 1 rings (SSSR count). The molecule has 0 amide bonds. The number of nitriles is 1. The molecule has 0 radical (unpaired) electrons. The van der Waals surface area contributed by atoms with E-state index < -0.39 is 12.0 Å². The Bertz CT molecular complexity index is 353. The molecule has 0 aliphatic carbocycles. The average molecular weight is 196 g/mol. The second-order valence-corrected chi connectivity index (χ2v) is 3.63. The molecule has 3 N–H and O–H groups in total. The highest BCUT2D eigenvalue weighted by molar-refractivity contribution is 7.12. The molecular formula is C8H8N2O2S. The van der Waals surface area contributed by atoms with E-state index in [9.17, 15) is 4.79 Å². The standard InChI is InChI=1S/C8H8N2O2S/c9-4-5-1-2-7(13-5)6(10)3-8(11)12/h1-2,6H,3,10H2,(H,11,12). The van der Waals surface area contributed by atoms with E-state index in [2.05, 4.69) is 0 Å². The fourth-order valence-corrected chi connectivity index (χ4v) is 1.71. The van der Waals surface area contributed by atoms with Crippen molar-refractivity contribution in [3.8, 4) is 6.07 Å². The van der Waals surface area contributed by atoms with Crippen LogP contribution in [0.25, 0.3) is 0 Å². The first-order valence-electron chi connectivity index (χ1n) is 3.60. The Morgan fingerprint density at radius 3 is 2.92 bits per heavy atom. The lowest BCUT2D eigenvalue weighted by atomic mass is 10.2. The molecule has 0 aromatic carbocycles. The van der Waals surface area contributed by atoms with Crippen LogP contribution in [-0.2, 0) is 4.79 Å². The van der Waals surface area contributed by atoms with Gasteiger partial charge in [-0.15, -0.1) is 11.3 Å². The highest BCUT2D eigenvalue weighted by Crippen LogP contribution is 2.23. The number of carbonyl (C=O) groups is 1. The zero-order chi connectivity index (χ0) is 9.84. The highest BCUT2D eigenvalue weighted by atomic mass is 32.1. The summed E-state index contributed by atoms with van der Waals surface area (Å²) in [6.45, 7) is 0. The topological polar surface area (TPSA) is 87.1 Å². The first kappa shape index (κ1) is 9.71. The predicted octanol–water partition coefficient (Wildman–Crippen LogP) is 1.09. The van der Waals surface area contributed by atoms with Crippen molar-refractivity contribution in [3.05, 3.63) is 21.9 Å². The highest BCUT2D eigenvalue weighted by Gasteiger charge is 2.12. The molecule has 13 heavy (non-hydrogen) atoms. The number of carboxylic acid groups (broad SMARTS) is 1. The van der Waals surface area contributed by atoms with Crippen LogP contribution in [0.5, 0.6) is 0 Å². The van der Waals surface area contributed by atoms with Gasteiger partial charge < -0.3 is 10.8 Å². The minimum Gasteiger partial charge on any atom is -0.481 e. The van der Waals surface area contributed by atoms with Crippen molar-refractivity contribution in [2.75, 3.05) is 0 Å². The van der Waals surface area contributed by atoms with Gasteiger partial charge in [-0.3, -0.25) is 4.79 Å². The van der Waals surface area contributed by atoms with Gasteiger partial charge in [-0.05, 0) is 12.1 Å². The quantitative estimate of drug-likeness (QED) is 0.757. The lowest BCUT2D eigenvalue weighted by molar-refractivity contribution is -0.137. The van der Waals surface area contributed by atoms with Crippen molar-refractivity contribution in [2.45, 2.75) is 12.5 Å². The fraction of sp³-hybridized carbons (Fsp3) is 0.250. The molecule has 0 aliphatic rings. The molecule has 0 fully saturated rings. The van der Waals surface area contributed by atoms with E-state index in [1.54, 1.807) is 12.1 Å². The molecule has 0 saturated carbocycles. The summed E-state index contributed by atoms with van der Waals surface area (Å²) in [4.78, 5) is 11.6. The SMILES string of the molecule is N#Cc1ccc(C(N)CC(=O)O)s1. The molecule has 1 heterocycles. The maximum atomic E-state index is 10.3. The second-order valence-electron chi connectivity index (χ2n) is 2.52. The lowest BCUT2D eigenvalue weighted by Crippen LogP contribution is -2.13. The molecule has 0 aliphatic heterocycles. The van der Waals surface area contributed by atoms with E-state index in [0.29, 0.717) is 4.88 Å². The number of hydrogen-bond acceptors (Lipinski definition) is 4. The Balaban J connectivity index is 2.72. The van der Waals surface area contributed by atoms with E-state index >= 15 is 0 Å². The van der Waals surface area contributed by atoms with Gasteiger partial charge in [0.1, 0.15) is 10.9 Å². The first-order chi connectivity index (χ1) is 6.13. The van der Waals surface area contributed by atoms with Gasteiger partial charge in [-0.1, -0.05) is 0 Å². The summed E-state index contributed by atoms with van der Waals surface area (Å²) in [6, 6.07) is 4.79. The van der Waals surface area contributed by atoms with Crippen LogP contribution in [0.1, 0.15) is 22.2 Å². The Labute approximate surface area is 79.2 Å². The molecule has 0 bridgehead atoms. The molecule has 0 saturated heterocycles. The molecule has 1 aromatic rings. The van der Waals surface area contributed by atoms with Gasteiger partial charge in [-0.2, -0.15) is 5.26 Å². The number of hydrogen-bond donors (Lipinski definition) is 2. The van der Waals surface area contributed by atoms with E-state index in [4.69, 9.17) is 16.1 Å². The monoisotopic (exact) mass is 196 g/mol. The van der Waals surface area contributed by atoms with Crippen molar-refractivity contribution in [1.82, 2.24) is 0 Å². The summed E-state index contributed by atoms with van der Waals surface area (Å²) in [5.41, 5.74) is 5.58. The molecule has 5 heteroatoms. The second kappa shape index (κ2) is 4.03. The summed E-state index contributed by atoms with van der Waals surface area (Å²) in [5.74, 6) is -0.931. The zero-order valence-electron chi connectivity index (χ0n) is 6.73. The van der Waals surface area contributed by atoms with Crippen LogP contribution < -0.4 is 5.73 Å². The van der Waals surface area contributed by atoms with Crippen molar-refractivity contribution in [3.63, 3.8) is 0 Å². The fourth-order valence-electron chi connectivity index (χ4n) is 0.901. The van der Waals surface area contributed by atoms with Crippen LogP contribution in [0.15, 0.2) is 12.1 Å². The minimum absolute atomic E-state index is 0.106. The largest absolute Gasteiger partial charge is 0.481 e. The number of aliphatic carboxylic acids is 1. The van der Waals surface area contributed by atoms with Gasteiger partial charge >= 0.3 is 5.97 Å². The lowest BCUT2D eigenvalue weighted by Gasteiger charge is -2.04. The smallest absolute Gasteiger partial charge is 0.305 e. The third-order valence-corrected chi connectivity index (χ3v) is 2.62. The molecule has 68 valence electrons. The predicted molar refractivity (Wildman–Crippen MR) is 48.2 cm³/mol. The van der Waals surface area contributed by atoms with Gasteiger partial charge in [0.25, 0.3) is 0 Å². The van der Waals surface area contributed by atoms with E-state index in [1.807, 2.05) is 6.07 Å². The summed E-state index contributed by atoms with van der Waals surface area (Å²) in [5, 5.41) is 17.0. The Morgan fingerprint density at radius 2 is 2.46 bits per heavy atom. The first-order valence-corrected chi connectivity index (χ1v) is 4.42. The van der Waals surface area contributed by atoms with Gasteiger partial charge in [0.05, 0.1) is 6.42 Å². The number of nitrogens with zero attached hydrogens (tertiary/aromatic N) is 1. The van der Waals surface area contributed by atoms with Gasteiger partial charge in [0.2, 0.25) is 0 Å². The van der Waals surface area contributed by atoms with Crippen LogP contribution >= 0.6 is 11.3 Å². The number of rotatable bonds is 3. The normalized spacial score (nSPS) is 12.0. The van der Waals surface area contributed by atoms with Crippen LogP contribution in [0.2, 0.25) is 0 Å². The van der Waals surface area contributed by atoms with Gasteiger partial charge in [0, 0.05) is 10.9 Å². The molecule has 1 unspecified atom stereocenters. The Hall–Kier alpha value is -1.38. The Kier molecular flexibility index (Phi) is 3.01. The molecule has 1 aromatic heterocycles. The maximum Gasteiger partial charge on any atom is 0.305 e.